The Bertz CT molecular complexity index is 1360. The molecule has 37 heavy (non-hydrogen) atoms. The molecule has 1 atom stereocenters. The van der Waals surface area contributed by atoms with Crippen LogP contribution >= 0.6 is 0 Å². The third-order valence-electron chi connectivity index (χ3n) is 7.79. The predicted molar refractivity (Wildman–Crippen MR) is 139 cm³/mol. The summed E-state index contributed by atoms with van der Waals surface area (Å²) in [6.45, 7) is 7.29. The summed E-state index contributed by atoms with van der Waals surface area (Å²) in [7, 11) is 0. The summed E-state index contributed by atoms with van der Waals surface area (Å²) in [6.07, 6.45) is 2.94. The third kappa shape index (κ3) is 3.90. The molecular weight excluding hydrogens is 472 g/mol. The molecule has 9 nitrogen and oxygen atoms in total. The molecule has 2 aromatic carbocycles. The fourth-order valence-electron chi connectivity index (χ4n) is 5.93. The van der Waals surface area contributed by atoms with Crippen molar-refractivity contribution in [3.05, 3.63) is 66.9 Å². The number of carbonyl (C=O) groups excluding carboxylic acids is 1. The van der Waals surface area contributed by atoms with E-state index in [4.69, 9.17) is 9.47 Å². The number of carbonyl (C=O) groups is 2. The molecule has 0 radical (unpaired) electrons. The van der Waals surface area contributed by atoms with Crippen LogP contribution in [0, 0.1) is 0 Å². The van der Waals surface area contributed by atoms with Crippen molar-refractivity contribution in [1.29, 1.82) is 0 Å². The Morgan fingerprint density at radius 3 is 2.70 bits per heavy atom. The highest BCUT2D eigenvalue weighted by molar-refractivity contribution is 5.98. The maximum Gasteiger partial charge on any atom is 0.352 e. The van der Waals surface area contributed by atoms with Gasteiger partial charge >= 0.3 is 5.97 Å². The lowest BCUT2D eigenvalue weighted by atomic mass is 9.85. The van der Waals surface area contributed by atoms with Crippen LogP contribution in [-0.4, -0.2) is 71.0 Å². The molecule has 3 aliphatic rings. The Balaban J connectivity index is 1.18. The van der Waals surface area contributed by atoms with Crippen LogP contribution in [0.15, 0.2) is 61.2 Å². The number of rotatable bonds is 6. The molecule has 2 N–H and O–H groups in total. The van der Waals surface area contributed by atoms with Crippen molar-refractivity contribution < 1.29 is 24.2 Å². The average Bonchev–Trinajstić information content (AvgIpc) is 3.44. The first-order valence-electron chi connectivity index (χ1n) is 12.6. The van der Waals surface area contributed by atoms with Gasteiger partial charge in [-0.3, -0.25) is 9.69 Å². The largest absolute Gasteiger partial charge is 0.486 e. The van der Waals surface area contributed by atoms with E-state index in [-0.39, 0.29) is 17.7 Å². The number of piperidine rings is 1. The van der Waals surface area contributed by atoms with Crippen molar-refractivity contribution >= 4 is 28.5 Å². The number of fused-ring (bicyclic) bond motifs is 3. The normalized spacial score (nSPS) is 20.8. The molecule has 0 bridgehead atoms. The number of benzene rings is 2. The Morgan fingerprint density at radius 1 is 1.19 bits per heavy atom. The minimum Gasteiger partial charge on any atom is -0.486 e. The average molecular weight is 503 g/mol. The Kier molecular flexibility index (Phi) is 5.79. The first-order valence-corrected chi connectivity index (χ1v) is 12.6. The van der Waals surface area contributed by atoms with Gasteiger partial charge in [0.1, 0.15) is 23.9 Å². The Hall–Kier alpha value is -3.98. The van der Waals surface area contributed by atoms with Gasteiger partial charge in [0.05, 0.1) is 12.2 Å². The highest BCUT2D eigenvalue weighted by Crippen LogP contribution is 2.41. The number of nitrogens with one attached hydrogen (secondary N) is 1. The number of hydrogen-bond acceptors (Lipinski definition) is 6. The molecule has 192 valence electrons. The molecule has 4 heterocycles. The van der Waals surface area contributed by atoms with Crippen LogP contribution < -0.4 is 19.7 Å². The first kappa shape index (κ1) is 23.4. The monoisotopic (exact) mass is 502 g/mol. The summed E-state index contributed by atoms with van der Waals surface area (Å²) < 4.78 is 14.2. The molecule has 3 aliphatic heterocycles. The van der Waals surface area contributed by atoms with Gasteiger partial charge in [-0.15, -0.1) is 6.58 Å². The summed E-state index contributed by atoms with van der Waals surface area (Å²) in [5.74, 6) is 0.304. The maximum absolute atomic E-state index is 13.0. The number of likely N-dealkylation sites (tertiary alicyclic amines) is 1. The smallest absolute Gasteiger partial charge is 0.352 e. The quantitative estimate of drug-likeness (QED) is 0.500. The standard InChI is InChI=1S/C28H30N4O5/c1-2-12-31-22-8-9-24-25(21(22)15-23(31)26(33)34)37-20(17-36-24)16-30-13-10-28(11-14-30)27(35)29-18-32(28)19-6-4-3-5-7-19/h2-9,15,20H,1,10-14,16-18H2,(H,29,35)(H,33,34). The summed E-state index contributed by atoms with van der Waals surface area (Å²) in [5.41, 5.74) is 1.49. The van der Waals surface area contributed by atoms with Gasteiger partial charge < -0.3 is 29.4 Å². The number of carboxylic acids is 1. The van der Waals surface area contributed by atoms with Crippen molar-refractivity contribution in [1.82, 2.24) is 14.8 Å². The zero-order valence-corrected chi connectivity index (χ0v) is 20.6. The lowest BCUT2D eigenvalue weighted by molar-refractivity contribution is -0.125. The minimum absolute atomic E-state index is 0.0999. The Morgan fingerprint density at radius 2 is 1.97 bits per heavy atom. The first-order chi connectivity index (χ1) is 18.0. The van der Waals surface area contributed by atoms with Crippen LogP contribution in [-0.2, 0) is 11.3 Å². The maximum atomic E-state index is 13.0. The predicted octanol–water partition coefficient (Wildman–Crippen LogP) is 3.09. The van der Waals surface area contributed by atoms with Gasteiger partial charge in [0.2, 0.25) is 5.91 Å². The van der Waals surface area contributed by atoms with Crippen LogP contribution in [0.3, 0.4) is 0 Å². The van der Waals surface area contributed by atoms with Gasteiger partial charge in [-0.2, -0.15) is 0 Å². The topological polar surface area (TPSA) is 96.3 Å². The van der Waals surface area contributed by atoms with Crippen LogP contribution in [0.25, 0.3) is 10.9 Å². The van der Waals surface area contributed by atoms with Crippen LogP contribution in [0.5, 0.6) is 11.5 Å². The van der Waals surface area contributed by atoms with Gasteiger partial charge in [0.15, 0.2) is 11.5 Å². The molecular formula is C28H30N4O5. The van der Waals surface area contributed by atoms with Gasteiger partial charge in [0, 0.05) is 37.3 Å². The van der Waals surface area contributed by atoms with E-state index in [0.717, 1.165) is 42.5 Å². The summed E-state index contributed by atoms with van der Waals surface area (Å²) in [6, 6.07) is 15.4. The van der Waals surface area contributed by atoms with E-state index in [1.165, 1.54) is 0 Å². The second-order valence-electron chi connectivity index (χ2n) is 9.87. The molecule has 1 spiro atoms. The second kappa shape index (κ2) is 9.15. The van der Waals surface area contributed by atoms with E-state index in [2.05, 4.69) is 33.8 Å². The van der Waals surface area contributed by atoms with E-state index in [1.807, 2.05) is 30.3 Å². The van der Waals surface area contributed by atoms with E-state index < -0.39 is 11.5 Å². The fourth-order valence-corrected chi connectivity index (χ4v) is 5.93. The third-order valence-corrected chi connectivity index (χ3v) is 7.79. The molecule has 1 aromatic heterocycles. The van der Waals surface area contributed by atoms with Gasteiger partial charge in [-0.05, 0) is 43.2 Å². The molecule has 1 amide bonds. The number of aromatic nitrogens is 1. The van der Waals surface area contributed by atoms with Gasteiger partial charge in [0.25, 0.3) is 0 Å². The fraction of sp³-hybridized carbons (Fsp3) is 0.357. The van der Waals surface area contributed by atoms with Gasteiger partial charge in [-0.25, -0.2) is 4.79 Å². The van der Waals surface area contributed by atoms with Crippen LogP contribution in [0.4, 0.5) is 5.69 Å². The number of para-hydroxylation sites is 1. The summed E-state index contributed by atoms with van der Waals surface area (Å²) >= 11 is 0. The molecule has 3 aromatic rings. The molecule has 1 unspecified atom stereocenters. The zero-order chi connectivity index (χ0) is 25.6. The molecule has 9 heteroatoms. The molecule has 6 rings (SSSR count). The minimum atomic E-state index is -0.997. The van der Waals surface area contributed by atoms with Crippen LogP contribution in [0.1, 0.15) is 23.3 Å². The van der Waals surface area contributed by atoms with Crippen LogP contribution in [0.2, 0.25) is 0 Å². The number of nitrogens with zero attached hydrogens (tertiary/aromatic N) is 3. The number of aromatic carboxylic acids is 1. The highest BCUT2D eigenvalue weighted by Gasteiger charge is 2.50. The van der Waals surface area contributed by atoms with Crippen molar-refractivity contribution in [2.75, 3.05) is 37.8 Å². The number of allylic oxidation sites excluding steroid dienone is 1. The summed E-state index contributed by atoms with van der Waals surface area (Å²) in [4.78, 5) is 29.3. The van der Waals surface area contributed by atoms with Crippen molar-refractivity contribution in [2.45, 2.75) is 31.0 Å². The molecule has 0 aliphatic carbocycles. The lowest BCUT2D eigenvalue weighted by Gasteiger charge is -2.44. The number of ether oxygens (including phenoxy) is 2. The summed E-state index contributed by atoms with van der Waals surface area (Å²) in [5, 5.41) is 13.5. The van der Waals surface area contributed by atoms with E-state index in [0.29, 0.717) is 37.9 Å². The lowest BCUT2D eigenvalue weighted by Crippen LogP contribution is -2.57. The number of hydrogen-bond donors (Lipinski definition) is 2. The zero-order valence-electron chi connectivity index (χ0n) is 20.6. The second-order valence-corrected chi connectivity index (χ2v) is 9.87. The molecule has 2 saturated heterocycles. The Labute approximate surface area is 214 Å². The van der Waals surface area contributed by atoms with Crippen molar-refractivity contribution in [3.63, 3.8) is 0 Å². The number of anilines is 1. The van der Waals surface area contributed by atoms with E-state index >= 15 is 0 Å². The van der Waals surface area contributed by atoms with Gasteiger partial charge in [-0.1, -0.05) is 24.3 Å². The number of amides is 1. The van der Waals surface area contributed by atoms with E-state index in [1.54, 1.807) is 16.7 Å². The molecule has 0 saturated carbocycles. The SMILES string of the molecule is C=CCn1c(C(=O)O)cc2c3c(ccc21)OCC(CN1CCC2(CC1)C(=O)NCN2c1ccccc1)O3. The molecule has 2 fully saturated rings. The van der Waals surface area contributed by atoms with E-state index in [9.17, 15) is 14.7 Å². The van der Waals surface area contributed by atoms with Crippen molar-refractivity contribution in [2.24, 2.45) is 0 Å². The van der Waals surface area contributed by atoms with Crippen molar-refractivity contribution in [3.8, 4) is 11.5 Å². The highest BCUT2D eigenvalue weighted by atomic mass is 16.6. The number of carboxylic acid groups (broad SMARTS) is 1.